The molecule has 0 amide bonds. The second-order valence-corrected chi connectivity index (χ2v) is 4.01. The van der Waals surface area contributed by atoms with E-state index in [1.54, 1.807) is 0 Å². The van der Waals surface area contributed by atoms with Crippen LogP contribution >= 0.6 is 0 Å². The number of likely N-dealkylation sites (N-methyl/N-ethyl adjacent to an activating group) is 1. The van der Waals surface area contributed by atoms with Crippen molar-refractivity contribution in [2.75, 3.05) is 39.8 Å². The first-order valence-electron chi connectivity index (χ1n) is 5.33. The number of nitrogens with zero attached hydrogens (tertiary/aromatic N) is 1. The average Bonchev–Trinajstić information content (AvgIpc) is 2.17. The molecule has 78 valence electrons. The highest BCUT2D eigenvalue weighted by atomic mass is 16.3. The van der Waals surface area contributed by atoms with E-state index in [0.717, 1.165) is 19.0 Å². The zero-order valence-electron chi connectivity index (χ0n) is 8.63. The predicted molar refractivity (Wildman–Crippen MR) is 54.8 cm³/mol. The molecule has 0 atom stereocenters. The van der Waals surface area contributed by atoms with Crippen molar-refractivity contribution < 1.29 is 5.11 Å². The van der Waals surface area contributed by atoms with Crippen molar-refractivity contribution in [1.29, 1.82) is 0 Å². The molecule has 0 radical (unpaired) electrons. The Morgan fingerprint density at radius 2 is 2.00 bits per heavy atom. The lowest BCUT2D eigenvalue weighted by molar-refractivity contribution is 0.207. The lowest BCUT2D eigenvalue weighted by Gasteiger charge is -2.24. The minimum absolute atomic E-state index is 0.280. The molecule has 1 aliphatic heterocycles. The summed E-state index contributed by atoms with van der Waals surface area (Å²) < 4.78 is 0. The smallest absolute Gasteiger partial charge is 0.0558 e. The Morgan fingerprint density at radius 1 is 1.31 bits per heavy atom. The Morgan fingerprint density at radius 3 is 2.62 bits per heavy atom. The molecule has 1 saturated heterocycles. The van der Waals surface area contributed by atoms with Crippen molar-refractivity contribution in [3.05, 3.63) is 0 Å². The summed E-state index contributed by atoms with van der Waals surface area (Å²) in [5.41, 5.74) is 0. The van der Waals surface area contributed by atoms with Gasteiger partial charge in [-0.3, -0.25) is 0 Å². The Balaban J connectivity index is 2.03. The van der Waals surface area contributed by atoms with Crippen LogP contribution in [-0.4, -0.2) is 49.8 Å². The SMILES string of the molecule is CN(CCO)CCC1CCNCC1. The van der Waals surface area contributed by atoms with Crippen LogP contribution in [0.2, 0.25) is 0 Å². The van der Waals surface area contributed by atoms with Crippen LogP contribution in [0.4, 0.5) is 0 Å². The van der Waals surface area contributed by atoms with Crippen LogP contribution in [0, 0.1) is 5.92 Å². The molecule has 3 nitrogen and oxygen atoms in total. The Bertz CT molecular complexity index is 124. The molecule has 1 heterocycles. The van der Waals surface area contributed by atoms with E-state index in [9.17, 15) is 0 Å². The van der Waals surface area contributed by atoms with Gasteiger partial charge in [-0.2, -0.15) is 0 Å². The van der Waals surface area contributed by atoms with Gasteiger partial charge in [0.15, 0.2) is 0 Å². The van der Waals surface area contributed by atoms with E-state index in [1.165, 1.54) is 32.4 Å². The molecule has 1 aliphatic rings. The lowest BCUT2D eigenvalue weighted by atomic mass is 9.94. The van der Waals surface area contributed by atoms with Crippen molar-refractivity contribution in [3.63, 3.8) is 0 Å². The standard InChI is InChI=1S/C10H22N2O/c1-12(8-9-13)7-4-10-2-5-11-6-3-10/h10-11,13H,2-9H2,1H3. The zero-order chi connectivity index (χ0) is 9.52. The normalized spacial score (nSPS) is 19.6. The second kappa shape index (κ2) is 6.35. The van der Waals surface area contributed by atoms with E-state index in [0.29, 0.717) is 0 Å². The number of aliphatic hydroxyl groups excluding tert-OH is 1. The van der Waals surface area contributed by atoms with Crippen molar-refractivity contribution in [1.82, 2.24) is 10.2 Å². The minimum Gasteiger partial charge on any atom is -0.395 e. The molecule has 0 aromatic heterocycles. The third-order valence-electron chi connectivity index (χ3n) is 2.86. The Labute approximate surface area is 81.1 Å². The summed E-state index contributed by atoms with van der Waals surface area (Å²) in [6.45, 7) is 4.60. The topological polar surface area (TPSA) is 35.5 Å². The van der Waals surface area contributed by atoms with E-state index in [4.69, 9.17) is 5.11 Å². The summed E-state index contributed by atoms with van der Waals surface area (Å²) in [6, 6.07) is 0. The molecule has 13 heavy (non-hydrogen) atoms. The van der Waals surface area contributed by atoms with Crippen molar-refractivity contribution in [2.24, 2.45) is 5.92 Å². The first-order chi connectivity index (χ1) is 6.33. The predicted octanol–water partition coefficient (Wildman–Crippen LogP) is 0.300. The van der Waals surface area contributed by atoms with Crippen LogP contribution < -0.4 is 5.32 Å². The number of rotatable bonds is 5. The zero-order valence-corrected chi connectivity index (χ0v) is 8.63. The van der Waals surface area contributed by atoms with E-state index in [-0.39, 0.29) is 6.61 Å². The fourth-order valence-corrected chi connectivity index (χ4v) is 1.86. The third-order valence-corrected chi connectivity index (χ3v) is 2.86. The maximum Gasteiger partial charge on any atom is 0.0558 e. The van der Waals surface area contributed by atoms with Gasteiger partial charge in [0.05, 0.1) is 6.61 Å². The van der Waals surface area contributed by atoms with Gasteiger partial charge in [-0.15, -0.1) is 0 Å². The maximum absolute atomic E-state index is 8.72. The molecule has 0 aromatic rings. The fourth-order valence-electron chi connectivity index (χ4n) is 1.86. The van der Waals surface area contributed by atoms with Gasteiger partial charge in [0.1, 0.15) is 0 Å². The van der Waals surface area contributed by atoms with Crippen LogP contribution in [0.25, 0.3) is 0 Å². The number of nitrogens with one attached hydrogen (secondary N) is 1. The molecule has 0 aromatic carbocycles. The van der Waals surface area contributed by atoms with E-state index in [2.05, 4.69) is 17.3 Å². The molecule has 0 saturated carbocycles. The highest BCUT2D eigenvalue weighted by Gasteiger charge is 2.12. The maximum atomic E-state index is 8.72. The van der Waals surface area contributed by atoms with E-state index in [1.807, 2.05) is 0 Å². The number of hydrogen-bond donors (Lipinski definition) is 2. The lowest BCUT2D eigenvalue weighted by Crippen LogP contribution is -2.31. The number of aliphatic hydroxyl groups is 1. The third kappa shape index (κ3) is 4.60. The molecule has 2 N–H and O–H groups in total. The minimum atomic E-state index is 0.280. The highest BCUT2D eigenvalue weighted by Crippen LogP contribution is 2.15. The van der Waals surface area contributed by atoms with E-state index < -0.39 is 0 Å². The molecular weight excluding hydrogens is 164 g/mol. The molecule has 3 heteroatoms. The summed E-state index contributed by atoms with van der Waals surface area (Å²) in [5.74, 6) is 0.905. The van der Waals surface area contributed by atoms with Crippen molar-refractivity contribution in [2.45, 2.75) is 19.3 Å². The average molecular weight is 186 g/mol. The van der Waals surface area contributed by atoms with Gasteiger partial charge >= 0.3 is 0 Å². The van der Waals surface area contributed by atoms with Crippen LogP contribution in [0.1, 0.15) is 19.3 Å². The van der Waals surface area contributed by atoms with Gasteiger partial charge in [-0.25, -0.2) is 0 Å². The van der Waals surface area contributed by atoms with Gasteiger partial charge in [0, 0.05) is 6.54 Å². The van der Waals surface area contributed by atoms with Gasteiger partial charge in [0.2, 0.25) is 0 Å². The molecule has 0 aliphatic carbocycles. The first kappa shape index (κ1) is 11.0. The Hall–Kier alpha value is -0.120. The first-order valence-corrected chi connectivity index (χ1v) is 5.33. The quantitative estimate of drug-likeness (QED) is 0.648. The van der Waals surface area contributed by atoms with Gasteiger partial charge < -0.3 is 15.3 Å². The molecule has 0 unspecified atom stereocenters. The second-order valence-electron chi connectivity index (χ2n) is 4.01. The summed E-state index contributed by atoms with van der Waals surface area (Å²) in [5, 5.41) is 12.1. The Kier molecular flexibility index (Phi) is 5.35. The van der Waals surface area contributed by atoms with Gasteiger partial charge in [0.25, 0.3) is 0 Å². The molecule has 0 bridgehead atoms. The number of piperidine rings is 1. The summed E-state index contributed by atoms with van der Waals surface area (Å²) in [6.07, 6.45) is 3.94. The number of hydrogen-bond acceptors (Lipinski definition) is 3. The van der Waals surface area contributed by atoms with Crippen molar-refractivity contribution >= 4 is 0 Å². The van der Waals surface area contributed by atoms with Gasteiger partial charge in [-0.1, -0.05) is 0 Å². The van der Waals surface area contributed by atoms with Crippen molar-refractivity contribution in [3.8, 4) is 0 Å². The van der Waals surface area contributed by atoms with Crippen LogP contribution in [0.15, 0.2) is 0 Å². The molecular formula is C10H22N2O. The summed E-state index contributed by atoms with van der Waals surface area (Å²) >= 11 is 0. The monoisotopic (exact) mass is 186 g/mol. The molecule has 1 rings (SSSR count). The molecule has 0 spiro atoms. The summed E-state index contributed by atoms with van der Waals surface area (Å²) in [7, 11) is 2.08. The largest absolute Gasteiger partial charge is 0.395 e. The summed E-state index contributed by atoms with van der Waals surface area (Å²) in [4.78, 5) is 2.21. The van der Waals surface area contributed by atoms with Gasteiger partial charge in [-0.05, 0) is 51.9 Å². The molecule has 1 fully saturated rings. The van der Waals surface area contributed by atoms with Crippen LogP contribution in [0.5, 0.6) is 0 Å². The van der Waals surface area contributed by atoms with E-state index >= 15 is 0 Å². The van der Waals surface area contributed by atoms with Crippen LogP contribution in [0.3, 0.4) is 0 Å². The fraction of sp³-hybridized carbons (Fsp3) is 1.00. The highest BCUT2D eigenvalue weighted by molar-refractivity contribution is 4.69. The van der Waals surface area contributed by atoms with Crippen LogP contribution in [-0.2, 0) is 0 Å².